The maximum Gasteiger partial charge on any atom is 0.340 e. The summed E-state index contributed by atoms with van der Waals surface area (Å²) in [5.41, 5.74) is 2.06. The molecule has 5 rings (SSSR count). The lowest BCUT2D eigenvalue weighted by molar-refractivity contribution is -0.141. The molecule has 1 aromatic heterocycles. The van der Waals surface area contributed by atoms with E-state index in [9.17, 15) is 9.59 Å². The van der Waals surface area contributed by atoms with E-state index >= 15 is 0 Å². The number of esters is 1. The third kappa shape index (κ3) is 3.87. The summed E-state index contributed by atoms with van der Waals surface area (Å²) in [5, 5.41) is 7.77. The Morgan fingerprint density at radius 1 is 1.22 bits per heavy atom. The maximum atomic E-state index is 13.2. The molecule has 0 unspecified atom stereocenters. The van der Waals surface area contributed by atoms with Gasteiger partial charge in [-0.25, -0.2) is 9.78 Å². The molecule has 1 N–H and O–H groups in total. The van der Waals surface area contributed by atoms with Crippen LogP contribution in [0.2, 0.25) is 0 Å². The number of aromatic nitrogens is 1. The van der Waals surface area contributed by atoms with Gasteiger partial charge in [-0.05, 0) is 55.8 Å². The summed E-state index contributed by atoms with van der Waals surface area (Å²) in [6.45, 7) is 3.68. The number of fused-ring (bicyclic) bond motifs is 2. The molecule has 0 radical (unpaired) electrons. The summed E-state index contributed by atoms with van der Waals surface area (Å²) in [6.07, 6.45) is 4.54. The lowest BCUT2D eigenvalue weighted by atomic mass is 9.84. The Kier molecular flexibility index (Phi) is 5.40. The van der Waals surface area contributed by atoms with Gasteiger partial charge >= 0.3 is 5.97 Å². The van der Waals surface area contributed by atoms with Crippen molar-refractivity contribution in [2.24, 2.45) is 5.92 Å². The lowest BCUT2D eigenvalue weighted by Gasteiger charge is -2.40. The van der Waals surface area contributed by atoms with Gasteiger partial charge in [-0.3, -0.25) is 15.1 Å². The van der Waals surface area contributed by atoms with Gasteiger partial charge in [-0.15, -0.1) is 0 Å². The number of carbonyl (C=O) groups is 2. The van der Waals surface area contributed by atoms with Crippen LogP contribution in [0.25, 0.3) is 0 Å². The smallest absolute Gasteiger partial charge is 0.340 e. The van der Waals surface area contributed by atoms with Crippen molar-refractivity contribution < 1.29 is 14.3 Å². The summed E-state index contributed by atoms with van der Waals surface area (Å²) in [4.78, 5) is 33.7. The van der Waals surface area contributed by atoms with Crippen LogP contribution in [0.1, 0.15) is 47.2 Å². The molecule has 164 valence electrons. The summed E-state index contributed by atoms with van der Waals surface area (Å²) in [7, 11) is 0. The first-order valence-electron chi connectivity index (χ1n) is 11.2. The second-order valence-electron chi connectivity index (χ2n) is 8.89. The Bertz CT molecular complexity index is 1090. The molecule has 0 atom stereocenters. The van der Waals surface area contributed by atoms with Crippen LogP contribution in [-0.4, -0.2) is 52.8 Å². The van der Waals surface area contributed by atoms with E-state index in [1.807, 2.05) is 17.0 Å². The van der Waals surface area contributed by atoms with Crippen molar-refractivity contribution in [1.82, 2.24) is 14.8 Å². The SMILES string of the molecule is N=c1cc(CN2CCC(C(=O)N3CCC4(CC3)OC(=O)c3ccc#cc34)CC2)cccn1. The topological polar surface area (TPSA) is 86.6 Å². The van der Waals surface area contributed by atoms with E-state index in [2.05, 4.69) is 22.0 Å². The monoisotopic (exact) mass is 430 g/mol. The van der Waals surface area contributed by atoms with Crippen molar-refractivity contribution in [3.05, 3.63) is 70.8 Å². The van der Waals surface area contributed by atoms with Crippen molar-refractivity contribution in [3.8, 4) is 0 Å². The van der Waals surface area contributed by atoms with Crippen molar-refractivity contribution in [2.45, 2.75) is 37.8 Å². The fourth-order valence-corrected chi connectivity index (χ4v) is 5.15. The molecule has 1 aromatic carbocycles. The van der Waals surface area contributed by atoms with E-state index in [1.54, 1.807) is 24.4 Å². The number of carbonyl (C=O) groups excluding carboxylic acids is 2. The van der Waals surface area contributed by atoms with Crippen LogP contribution in [0.15, 0.2) is 36.5 Å². The number of hydrogen-bond donors (Lipinski definition) is 1. The highest BCUT2D eigenvalue weighted by Gasteiger charge is 2.48. The largest absolute Gasteiger partial charge is 0.450 e. The maximum absolute atomic E-state index is 13.2. The number of rotatable bonds is 3. The number of amides is 1. The van der Waals surface area contributed by atoms with E-state index in [-0.39, 0.29) is 23.3 Å². The van der Waals surface area contributed by atoms with Crippen molar-refractivity contribution in [3.63, 3.8) is 0 Å². The molecule has 2 saturated heterocycles. The number of hydrogen-bond acceptors (Lipinski definition) is 6. The zero-order valence-electron chi connectivity index (χ0n) is 18.0. The van der Waals surface area contributed by atoms with Crippen molar-refractivity contribution in [2.75, 3.05) is 26.2 Å². The minimum Gasteiger partial charge on any atom is -0.450 e. The van der Waals surface area contributed by atoms with E-state index in [0.29, 0.717) is 31.5 Å². The fraction of sp³-hybridized carbons (Fsp3) is 0.440. The normalized spacial score (nSPS) is 20.5. The Morgan fingerprint density at radius 3 is 2.78 bits per heavy atom. The zero-order valence-corrected chi connectivity index (χ0v) is 18.0. The summed E-state index contributed by atoms with van der Waals surface area (Å²) >= 11 is 0. The zero-order chi connectivity index (χ0) is 22.1. The van der Waals surface area contributed by atoms with Crippen LogP contribution in [0.3, 0.4) is 0 Å². The Labute approximate surface area is 187 Å². The highest BCUT2D eigenvalue weighted by Crippen LogP contribution is 2.43. The molecule has 1 amide bonds. The molecule has 3 aliphatic heterocycles. The minimum absolute atomic E-state index is 0.0406. The van der Waals surface area contributed by atoms with E-state index < -0.39 is 5.60 Å². The minimum atomic E-state index is -0.651. The average Bonchev–Trinajstić information content (AvgIpc) is 2.93. The molecule has 0 bridgehead atoms. The Morgan fingerprint density at radius 2 is 2.00 bits per heavy atom. The lowest BCUT2D eigenvalue weighted by Crippen LogP contribution is -2.49. The fourth-order valence-electron chi connectivity index (χ4n) is 5.15. The molecule has 0 aliphatic carbocycles. The van der Waals surface area contributed by atoms with Crippen LogP contribution in [-0.2, 0) is 21.7 Å². The first-order valence-corrected chi connectivity index (χ1v) is 11.2. The van der Waals surface area contributed by atoms with Gasteiger partial charge in [-0.2, -0.15) is 0 Å². The van der Waals surface area contributed by atoms with Gasteiger partial charge in [0.05, 0.1) is 11.1 Å². The van der Waals surface area contributed by atoms with Gasteiger partial charge in [0.1, 0.15) is 11.1 Å². The first kappa shape index (κ1) is 20.7. The van der Waals surface area contributed by atoms with Gasteiger partial charge in [0.15, 0.2) is 0 Å². The van der Waals surface area contributed by atoms with Crippen LogP contribution in [0.5, 0.6) is 0 Å². The van der Waals surface area contributed by atoms with Crippen molar-refractivity contribution >= 4 is 11.9 Å². The quantitative estimate of drug-likeness (QED) is 0.754. The van der Waals surface area contributed by atoms with Crippen molar-refractivity contribution in [1.29, 1.82) is 5.41 Å². The van der Waals surface area contributed by atoms with Gasteiger partial charge in [-0.1, -0.05) is 18.2 Å². The molecule has 1 spiro atoms. The molecule has 7 nitrogen and oxygen atoms in total. The molecular weight excluding hydrogens is 404 g/mol. The first-order chi connectivity index (χ1) is 15.5. The van der Waals surface area contributed by atoms with Crippen LogP contribution < -0.4 is 5.49 Å². The third-order valence-electron chi connectivity index (χ3n) is 6.92. The number of nitrogens with one attached hydrogen (secondary N) is 1. The molecular formula is C25H26N4O3. The molecule has 0 saturated carbocycles. The van der Waals surface area contributed by atoms with Crippen LogP contribution >= 0.6 is 0 Å². The summed E-state index contributed by atoms with van der Waals surface area (Å²) in [5.74, 6) is -0.0342. The number of likely N-dealkylation sites (tertiary alicyclic amines) is 2. The predicted octanol–water partition coefficient (Wildman–Crippen LogP) is 2.06. The Balaban J connectivity index is 1.16. The number of piperidine rings is 2. The summed E-state index contributed by atoms with van der Waals surface area (Å²) < 4.78 is 5.77. The third-order valence-corrected chi connectivity index (χ3v) is 6.92. The van der Waals surface area contributed by atoms with Crippen LogP contribution in [0.4, 0.5) is 0 Å². The number of nitrogens with zero attached hydrogens (tertiary/aromatic N) is 3. The van der Waals surface area contributed by atoms with Crippen LogP contribution in [0, 0.1) is 23.5 Å². The highest BCUT2D eigenvalue weighted by molar-refractivity contribution is 5.94. The van der Waals surface area contributed by atoms with Gasteiger partial charge < -0.3 is 9.64 Å². The molecule has 7 heteroatoms. The second-order valence-corrected chi connectivity index (χ2v) is 8.89. The second kappa shape index (κ2) is 8.36. The average molecular weight is 431 g/mol. The molecule has 2 aromatic rings. The molecule has 4 heterocycles. The predicted molar refractivity (Wildman–Crippen MR) is 115 cm³/mol. The molecule has 32 heavy (non-hydrogen) atoms. The van der Waals surface area contributed by atoms with E-state index in [4.69, 9.17) is 10.1 Å². The Hall–Kier alpha value is -3.24. The van der Waals surface area contributed by atoms with Gasteiger partial charge in [0.25, 0.3) is 0 Å². The van der Waals surface area contributed by atoms with E-state index in [0.717, 1.165) is 43.6 Å². The standard InChI is InChI=1S/C25H26N4O3/c26-22-16-18(4-3-11-27-22)17-28-12-7-19(8-13-28)23(30)29-14-9-25(10-15-29)21-6-2-1-5-20(21)24(31)32-25/h1,3-5,11,16,19,26H,7-10,12-15,17H2. The number of ether oxygens (including phenoxy) is 1. The highest BCUT2D eigenvalue weighted by atomic mass is 16.6. The molecule has 3 aliphatic rings. The summed E-state index contributed by atoms with van der Waals surface area (Å²) in [6, 6.07) is 15.1. The van der Waals surface area contributed by atoms with E-state index in [1.165, 1.54) is 0 Å². The van der Waals surface area contributed by atoms with Gasteiger partial charge in [0.2, 0.25) is 5.91 Å². The van der Waals surface area contributed by atoms with Gasteiger partial charge in [0, 0.05) is 44.6 Å². The molecule has 2 fully saturated rings.